The molecule has 1 atom stereocenters. The second-order valence-corrected chi connectivity index (χ2v) is 9.90. The molecule has 1 saturated heterocycles. The molecule has 2 aromatic carbocycles. The number of hydrogen-bond acceptors (Lipinski definition) is 7. The summed E-state index contributed by atoms with van der Waals surface area (Å²) >= 11 is 0.959. The quantitative estimate of drug-likeness (QED) is 0.527. The number of alkyl halides is 3. The lowest BCUT2D eigenvalue weighted by atomic mass is 10.1. The van der Waals surface area contributed by atoms with Crippen LogP contribution in [0.3, 0.4) is 0 Å². The molecular formula is C21H21F3N2O5S2. The van der Waals surface area contributed by atoms with Gasteiger partial charge >= 0.3 is 6.36 Å². The van der Waals surface area contributed by atoms with Crippen molar-refractivity contribution in [3.63, 3.8) is 0 Å². The first kappa shape index (κ1) is 25.1. The number of ketones is 1. The van der Waals surface area contributed by atoms with E-state index in [-0.39, 0.29) is 33.3 Å². The lowest BCUT2D eigenvalue weighted by molar-refractivity contribution is -0.274. The summed E-state index contributed by atoms with van der Waals surface area (Å²) in [6.07, 6.45) is -2.12. The number of rotatable bonds is 8. The van der Waals surface area contributed by atoms with Crippen LogP contribution < -0.4 is 14.8 Å². The molecule has 1 aliphatic rings. The summed E-state index contributed by atoms with van der Waals surface area (Å²) in [4.78, 5) is 24.3. The first-order chi connectivity index (χ1) is 15.5. The molecule has 0 aliphatic carbocycles. The number of anilines is 1. The minimum atomic E-state index is -4.88. The zero-order valence-corrected chi connectivity index (χ0v) is 18.9. The Morgan fingerprint density at radius 1 is 1.06 bits per heavy atom. The van der Waals surface area contributed by atoms with Crippen LogP contribution in [0.15, 0.2) is 53.4 Å². The summed E-state index contributed by atoms with van der Waals surface area (Å²) < 4.78 is 67.6. The first-order valence-electron chi connectivity index (χ1n) is 9.95. The van der Waals surface area contributed by atoms with Gasteiger partial charge in [0, 0.05) is 11.3 Å². The third-order valence-corrected chi connectivity index (χ3v) is 7.14. The number of Topliss-reactive ketones (excluding diaryl/α,β-unsaturated/α-hetero) is 1. The van der Waals surface area contributed by atoms with Crippen molar-refractivity contribution in [2.45, 2.75) is 36.6 Å². The smallest absolute Gasteiger partial charge is 0.406 e. The van der Waals surface area contributed by atoms with E-state index in [9.17, 15) is 31.2 Å². The van der Waals surface area contributed by atoms with Gasteiger partial charge in [0.1, 0.15) is 5.75 Å². The predicted molar refractivity (Wildman–Crippen MR) is 118 cm³/mol. The molecule has 0 spiro atoms. The largest absolute Gasteiger partial charge is 0.573 e. The van der Waals surface area contributed by atoms with E-state index in [1.807, 2.05) is 0 Å². The first-order valence-corrected chi connectivity index (χ1v) is 12.4. The average molecular weight is 503 g/mol. The van der Waals surface area contributed by atoms with Gasteiger partial charge in [0.15, 0.2) is 5.78 Å². The fraction of sp³-hybridized carbons (Fsp3) is 0.333. The van der Waals surface area contributed by atoms with E-state index in [0.717, 1.165) is 61.8 Å². The molecule has 1 unspecified atom stereocenters. The Kier molecular flexibility index (Phi) is 8.03. The Morgan fingerprint density at radius 2 is 1.73 bits per heavy atom. The summed E-state index contributed by atoms with van der Waals surface area (Å²) in [6.45, 7) is 0.785. The van der Waals surface area contributed by atoms with Crippen LogP contribution in [-0.4, -0.2) is 44.0 Å². The molecule has 2 N–H and O–H groups in total. The maximum Gasteiger partial charge on any atom is 0.573 e. The second kappa shape index (κ2) is 10.6. The summed E-state index contributed by atoms with van der Waals surface area (Å²) in [7, 11) is -4.07. The predicted octanol–water partition coefficient (Wildman–Crippen LogP) is 3.97. The van der Waals surface area contributed by atoms with Crippen molar-refractivity contribution < 1.29 is 35.9 Å². The highest BCUT2D eigenvalue weighted by Crippen LogP contribution is 2.25. The molecule has 0 amide bonds. The van der Waals surface area contributed by atoms with Crippen LogP contribution >= 0.6 is 11.8 Å². The zero-order valence-electron chi connectivity index (χ0n) is 17.2. The Labute approximate surface area is 193 Å². The van der Waals surface area contributed by atoms with Crippen LogP contribution in [0.5, 0.6) is 5.75 Å². The number of hydrogen-bond donors (Lipinski definition) is 2. The topological polar surface area (TPSA) is 102 Å². The molecule has 1 aliphatic heterocycles. The van der Waals surface area contributed by atoms with Crippen LogP contribution in [0, 0.1) is 0 Å². The number of thioether (sulfide) groups is 1. The third-order valence-electron chi connectivity index (χ3n) is 4.77. The SMILES string of the molecule is O=C(CSC(=O)C1CCCCN1)c1ccc(NS(=O)(=O)c2ccc(OC(F)(F)F)cc2)cc1. The van der Waals surface area contributed by atoms with E-state index in [1.165, 1.54) is 24.3 Å². The molecule has 178 valence electrons. The fourth-order valence-corrected chi connectivity index (χ4v) is 5.03. The number of carbonyl (C=O) groups excluding carboxylic acids is 2. The molecule has 7 nitrogen and oxygen atoms in total. The van der Waals surface area contributed by atoms with Crippen LogP contribution in [-0.2, 0) is 14.8 Å². The normalized spacial score (nSPS) is 16.8. The molecule has 3 rings (SSSR count). The molecule has 0 radical (unpaired) electrons. The molecule has 0 bridgehead atoms. The Balaban J connectivity index is 1.56. The maximum atomic E-state index is 12.5. The Bertz CT molecular complexity index is 1080. The van der Waals surface area contributed by atoms with Gasteiger partial charge in [0.05, 0.1) is 16.7 Å². The number of ether oxygens (including phenoxy) is 1. The highest BCUT2D eigenvalue weighted by atomic mass is 32.2. The number of nitrogens with one attached hydrogen (secondary N) is 2. The van der Waals surface area contributed by atoms with Gasteiger partial charge in [-0.2, -0.15) is 0 Å². The van der Waals surface area contributed by atoms with Gasteiger partial charge in [-0.15, -0.1) is 13.2 Å². The van der Waals surface area contributed by atoms with Crippen molar-refractivity contribution >= 4 is 38.4 Å². The van der Waals surface area contributed by atoms with Crippen molar-refractivity contribution in [2.75, 3.05) is 17.0 Å². The van der Waals surface area contributed by atoms with Crippen molar-refractivity contribution in [3.8, 4) is 5.75 Å². The van der Waals surface area contributed by atoms with Crippen LogP contribution in [0.1, 0.15) is 29.6 Å². The summed E-state index contributed by atoms with van der Waals surface area (Å²) in [6, 6.07) is 9.17. The Hall–Kier alpha value is -2.57. The standard InChI is InChI=1S/C21H21F3N2O5S2/c22-21(23,24)31-16-8-10-17(11-9-16)33(29,30)26-15-6-4-14(5-7-15)19(27)13-32-20(28)18-3-1-2-12-25-18/h4-11,18,25-26H,1-3,12-13H2. The van der Waals surface area contributed by atoms with Gasteiger partial charge in [-0.25, -0.2) is 8.42 Å². The summed E-state index contributed by atoms with van der Waals surface area (Å²) in [5.74, 6) is -0.826. The zero-order chi connectivity index (χ0) is 24.1. The second-order valence-electron chi connectivity index (χ2n) is 7.24. The Morgan fingerprint density at radius 3 is 2.30 bits per heavy atom. The molecule has 12 heteroatoms. The average Bonchev–Trinajstić information content (AvgIpc) is 2.77. The van der Waals surface area contributed by atoms with Gasteiger partial charge in [-0.05, 0) is 67.9 Å². The van der Waals surface area contributed by atoms with E-state index >= 15 is 0 Å². The third kappa shape index (κ3) is 7.47. The van der Waals surface area contributed by atoms with Gasteiger partial charge in [-0.1, -0.05) is 18.2 Å². The number of piperidine rings is 1. The number of halogens is 3. The summed E-state index contributed by atoms with van der Waals surface area (Å²) in [5.41, 5.74) is 0.487. The maximum absolute atomic E-state index is 12.5. The lowest BCUT2D eigenvalue weighted by Gasteiger charge is -2.21. The molecule has 1 fully saturated rings. The van der Waals surface area contributed by atoms with E-state index < -0.39 is 22.1 Å². The minimum absolute atomic E-state index is 0.0194. The van der Waals surface area contributed by atoms with E-state index in [4.69, 9.17) is 0 Å². The van der Waals surface area contributed by atoms with E-state index in [0.29, 0.717) is 5.56 Å². The fourth-order valence-electron chi connectivity index (χ4n) is 3.13. The van der Waals surface area contributed by atoms with Crippen LogP contribution in [0.2, 0.25) is 0 Å². The molecule has 1 heterocycles. The molecular weight excluding hydrogens is 481 g/mol. The molecule has 0 saturated carbocycles. The van der Waals surface area contributed by atoms with Crippen molar-refractivity contribution in [1.82, 2.24) is 5.32 Å². The number of carbonyl (C=O) groups is 2. The molecule has 2 aromatic rings. The lowest BCUT2D eigenvalue weighted by Crippen LogP contribution is -2.39. The van der Waals surface area contributed by atoms with Crippen LogP contribution in [0.4, 0.5) is 18.9 Å². The van der Waals surface area contributed by atoms with E-state index in [1.54, 1.807) is 0 Å². The van der Waals surface area contributed by atoms with Gasteiger partial charge < -0.3 is 10.1 Å². The molecule has 0 aromatic heterocycles. The molecule has 33 heavy (non-hydrogen) atoms. The van der Waals surface area contributed by atoms with Crippen molar-refractivity contribution in [3.05, 3.63) is 54.1 Å². The number of sulfonamides is 1. The van der Waals surface area contributed by atoms with E-state index in [2.05, 4.69) is 14.8 Å². The van der Waals surface area contributed by atoms with Gasteiger partial charge in [-0.3, -0.25) is 14.3 Å². The number of benzene rings is 2. The summed E-state index contributed by atoms with van der Waals surface area (Å²) in [5, 5.41) is 3.06. The highest BCUT2D eigenvalue weighted by molar-refractivity contribution is 8.14. The van der Waals surface area contributed by atoms with Crippen molar-refractivity contribution in [2.24, 2.45) is 0 Å². The minimum Gasteiger partial charge on any atom is -0.406 e. The van der Waals surface area contributed by atoms with Gasteiger partial charge in [0.2, 0.25) is 5.12 Å². The van der Waals surface area contributed by atoms with Gasteiger partial charge in [0.25, 0.3) is 10.0 Å². The monoisotopic (exact) mass is 502 g/mol. The van der Waals surface area contributed by atoms with Crippen LogP contribution in [0.25, 0.3) is 0 Å². The highest BCUT2D eigenvalue weighted by Gasteiger charge is 2.31. The van der Waals surface area contributed by atoms with Crippen molar-refractivity contribution in [1.29, 1.82) is 0 Å².